The van der Waals surface area contributed by atoms with Crippen LogP contribution in [0, 0.1) is 10.5 Å². The van der Waals surface area contributed by atoms with Crippen LogP contribution in [0.2, 0.25) is 0 Å². The molecule has 0 aromatic heterocycles. The Balaban J connectivity index is 1.57. The molecule has 0 amide bonds. The van der Waals surface area contributed by atoms with Crippen molar-refractivity contribution < 1.29 is 19.1 Å². The summed E-state index contributed by atoms with van der Waals surface area (Å²) >= 11 is 2.28. The number of benzene rings is 2. The molecule has 0 bridgehead atoms. The molecule has 182 valence electrons. The van der Waals surface area contributed by atoms with Crippen LogP contribution in [0.4, 0.5) is 0 Å². The van der Waals surface area contributed by atoms with Gasteiger partial charge in [-0.3, -0.25) is 9.59 Å². The second kappa shape index (κ2) is 10.2. The Morgan fingerprint density at radius 3 is 2.26 bits per heavy atom. The number of halogens is 1. The van der Waals surface area contributed by atoms with Crippen LogP contribution in [-0.4, -0.2) is 18.2 Å². The Morgan fingerprint density at radius 2 is 1.63 bits per heavy atom. The summed E-state index contributed by atoms with van der Waals surface area (Å²) in [7, 11) is 0. The molecule has 2 aliphatic carbocycles. The van der Waals surface area contributed by atoms with Gasteiger partial charge in [-0.15, -0.1) is 0 Å². The van der Waals surface area contributed by atoms with E-state index in [4.69, 9.17) is 9.47 Å². The Morgan fingerprint density at radius 1 is 0.943 bits per heavy atom. The highest BCUT2D eigenvalue weighted by atomic mass is 127. The van der Waals surface area contributed by atoms with Gasteiger partial charge in [0.05, 0.1) is 10.2 Å². The molecule has 1 heterocycles. The molecule has 5 nitrogen and oxygen atoms in total. The van der Waals surface area contributed by atoms with E-state index in [1.807, 2.05) is 19.1 Å². The average Bonchev–Trinajstić information content (AvgIpc) is 2.83. The largest absolute Gasteiger partial charge is 0.490 e. The van der Waals surface area contributed by atoms with Crippen molar-refractivity contribution in [2.45, 2.75) is 64.9 Å². The first-order valence-corrected chi connectivity index (χ1v) is 13.5. The molecule has 0 saturated carbocycles. The van der Waals surface area contributed by atoms with Gasteiger partial charge in [-0.2, -0.15) is 0 Å². The summed E-state index contributed by atoms with van der Waals surface area (Å²) in [5.41, 5.74) is 6.71. The van der Waals surface area contributed by atoms with Gasteiger partial charge in [0.15, 0.2) is 23.1 Å². The number of aryl methyl sites for hydroxylation is 1. The number of allylic oxidation sites excluding steroid dienone is 4. The lowest BCUT2D eigenvalue weighted by Crippen LogP contribution is -2.36. The second-order valence-electron chi connectivity index (χ2n) is 9.44. The minimum Gasteiger partial charge on any atom is -0.490 e. The lowest BCUT2D eigenvalue weighted by molar-refractivity contribution is -0.116. The fraction of sp³-hybridized carbons (Fsp3) is 0.379. The van der Waals surface area contributed by atoms with E-state index in [0.717, 1.165) is 62.9 Å². The van der Waals surface area contributed by atoms with E-state index in [1.165, 1.54) is 5.56 Å². The number of carbonyl (C=O) groups excluding carboxylic acids is 2. The van der Waals surface area contributed by atoms with Gasteiger partial charge in [0.1, 0.15) is 6.61 Å². The molecule has 2 aromatic rings. The summed E-state index contributed by atoms with van der Waals surface area (Å²) in [6.45, 7) is 4.95. The number of carbonyl (C=O) groups is 2. The van der Waals surface area contributed by atoms with Gasteiger partial charge in [-0.1, -0.05) is 29.8 Å². The molecule has 35 heavy (non-hydrogen) atoms. The van der Waals surface area contributed by atoms with E-state index < -0.39 is 0 Å². The van der Waals surface area contributed by atoms with Gasteiger partial charge in [0, 0.05) is 41.3 Å². The Hall–Kier alpha value is -2.61. The average molecular weight is 583 g/mol. The third-order valence-electron chi connectivity index (χ3n) is 6.92. The summed E-state index contributed by atoms with van der Waals surface area (Å²) < 4.78 is 13.2. The first-order valence-electron chi connectivity index (χ1n) is 12.4. The van der Waals surface area contributed by atoms with Crippen molar-refractivity contribution in [1.29, 1.82) is 0 Å². The van der Waals surface area contributed by atoms with E-state index >= 15 is 0 Å². The predicted octanol–water partition coefficient (Wildman–Crippen LogP) is 6.28. The summed E-state index contributed by atoms with van der Waals surface area (Å²) in [5, 5.41) is 3.49. The molecule has 0 radical (unpaired) electrons. The summed E-state index contributed by atoms with van der Waals surface area (Å²) in [6, 6.07) is 12.3. The second-order valence-corrected chi connectivity index (χ2v) is 10.6. The summed E-state index contributed by atoms with van der Waals surface area (Å²) in [6.07, 6.45) is 4.44. The molecule has 6 heteroatoms. The van der Waals surface area contributed by atoms with Gasteiger partial charge in [-0.05, 0) is 85.4 Å². The maximum Gasteiger partial charge on any atom is 0.174 e. The summed E-state index contributed by atoms with van der Waals surface area (Å²) in [4.78, 5) is 26.3. The molecule has 0 unspecified atom stereocenters. The van der Waals surface area contributed by atoms with Gasteiger partial charge < -0.3 is 14.8 Å². The van der Waals surface area contributed by atoms with E-state index in [1.54, 1.807) is 0 Å². The van der Waals surface area contributed by atoms with Crippen LogP contribution >= 0.6 is 22.6 Å². The highest BCUT2D eigenvalue weighted by Crippen LogP contribution is 2.47. The molecule has 1 aliphatic heterocycles. The van der Waals surface area contributed by atoms with Crippen molar-refractivity contribution in [2.75, 3.05) is 6.61 Å². The molecule has 1 N–H and O–H groups in total. The fourth-order valence-electron chi connectivity index (χ4n) is 5.43. The minimum atomic E-state index is -0.347. The molecule has 0 saturated heterocycles. The lowest BCUT2D eigenvalue weighted by atomic mass is 9.71. The maximum atomic E-state index is 13.2. The van der Waals surface area contributed by atoms with Gasteiger partial charge >= 0.3 is 0 Å². The van der Waals surface area contributed by atoms with Crippen molar-refractivity contribution in [3.8, 4) is 11.5 Å². The van der Waals surface area contributed by atoms with E-state index in [9.17, 15) is 9.59 Å². The number of ether oxygens (including phenoxy) is 2. The third-order valence-corrected chi connectivity index (χ3v) is 7.72. The Bertz CT molecular complexity index is 1220. The zero-order valence-electron chi connectivity index (χ0n) is 20.2. The van der Waals surface area contributed by atoms with Gasteiger partial charge in [0.2, 0.25) is 0 Å². The fourth-order valence-corrected chi connectivity index (χ4v) is 6.21. The molecular weight excluding hydrogens is 553 g/mol. The number of dihydropyridines is 1. The molecule has 5 rings (SSSR count). The highest BCUT2D eigenvalue weighted by molar-refractivity contribution is 14.1. The Kier molecular flexibility index (Phi) is 7.00. The number of nitrogens with one attached hydrogen (secondary N) is 1. The standard InChI is InChI=1S/C29H30INO4/c1-3-34-25-15-19(14-20(30)29(25)35-16-18-8-4-7-17(2)13-18)26-27-21(9-5-11-23(27)32)31-22-10-6-12-24(33)28(22)26/h4,7-8,13-15,26,31H,3,5-6,9-12,16H2,1-2H3. The van der Waals surface area contributed by atoms with Gasteiger partial charge in [-0.25, -0.2) is 0 Å². The zero-order valence-corrected chi connectivity index (χ0v) is 22.4. The zero-order chi connectivity index (χ0) is 24.5. The monoisotopic (exact) mass is 583 g/mol. The quantitative estimate of drug-likeness (QED) is 0.406. The third kappa shape index (κ3) is 4.77. The maximum absolute atomic E-state index is 13.2. The molecule has 0 spiro atoms. The molecular formula is C29H30INO4. The SMILES string of the molecule is CCOc1cc(C2C3=C(CCCC3=O)NC3=C2C(=O)CCC3)cc(I)c1OCc1cccc(C)c1. The van der Waals surface area contributed by atoms with E-state index in [2.05, 4.69) is 59.1 Å². The molecule has 3 aliphatic rings. The highest BCUT2D eigenvalue weighted by Gasteiger charge is 2.40. The molecule has 0 atom stereocenters. The predicted molar refractivity (Wildman–Crippen MR) is 143 cm³/mol. The van der Waals surface area contributed by atoms with Crippen molar-refractivity contribution >= 4 is 34.2 Å². The molecule has 2 aromatic carbocycles. The first-order chi connectivity index (χ1) is 17.0. The van der Waals surface area contributed by atoms with Crippen LogP contribution in [-0.2, 0) is 16.2 Å². The van der Waals surface area contributed by atoms with Crippen molar-refractivity contribution in [2.24, 2.45) is 0 Å². The van der Waals surface area contributed by atoms with Gasteiger partial charge in [0.25, 0.3) is 0 Å². The number of rotatable bonds is 6. The van der Waals surface area contributed by atoms with Crippen LogP contribution in [0.5, 0.6) is 11.5 Å². The van der Waals surface area contributed by atoms with Crippen molar-refractivity contribution in [3.63, 3.8) is 0 Å². The normalized spacial score (nSPS) is 18.3. The lowest BCUT2D eigenvalue weighted by Gasteiger charge is -2.37. The number of ketones is 2. The van der Waals surface area contributed by atoms with Crippen LogP contribution < -0.4 is 14.8 Å². The van der Waals surface area contributed by atoms with Crippen LogP contribution in [0.3, 0.4) is 0 Å². The molecule has 0 fully saturated rings. The Labute approximate surface area is 220 Å². The number of hydrogen-bond donors (Lipinski definition) is 1. The van der Waals surface area contributed by atoms with Crippen LogP contribution in [0.15, 0.2) is 58.9 Å². The summed E-state index contributed by atoms with van der Waals surface area (Å²) in [5.74, 6) is 1.28. The smallest absolute Gasteiger partial charge is 0.174 e. The van der Waals surface area contributed by atoms with E-state index in [-0.39, 0.29) is 17.5 Å². The van der Waals surface area contributed by atoms with Crippen LogP contribution in [0.1, 0.15) is 68.1 Å². The topological polar surface area (TPSA) is 64.6 Å². The van der Waals surface area contributed by atoms with Crippen molar-refractivity contribution in [3.05, 3.63) is 79.2 Å². The number of hydrogen-bond acceptors (Lipinski definition) is 5. The van der Waals surface area contributed by atoms with Crippen molar-refractivity contribution in [1.82, 2.24) is 5.32 Å². The first kappa shape index (κ1) is 24.1. The number of Topliss-reactive ketones (excluding diaryl/α,β-unsaturated/α-hetero) is 2. The van der Waals surface area contributed by atoms with Crippen LogP contribution in [0.25, 0.3) is 0 Å². The minimum absolute atomic E-state index is 0.140. The van der Waals surface area contributed by atoms with E-state index in [0.29, 0.717) is 37.6 Å².